The molecule has 0 aliphatic carbocycles. The number of rotatable bonds is 6. The van der Waals surface area contributed by atoms with Crippen LogP contribution in [0.2, 0.25) is 0 Å². The van der Waals surface area contributed by atoms with E-state index >= 15 is 0 Å². The highest BCUT2D eigenvalue weighted by atomic mass is 16.5. The summed E-state index contributed by atoms with van der Waals surface area (Å²) in [7, 11) is 0. The van der Waals surface area contributed by atoms with E-state index in [1.54, 1.807) is 6.92 Å². The second-order valence-corrected chi connectivity index (χ2v) is 5.69. The van der Waals surface area contributed by atoms with Crippen LogP contribution in [0.25, 0.3) is 0 Å². The Bertz CT molecular complexity index is 591. The highest BCUT2D eigenvalue weighted by Crippen LogP contribution is 2.19. The Morgan fingerprint density at radius 2 is 1.64 bits per heavy atom. The minimum atomic E-state index is -0.520. The van der Waals surface area contributed by atoms with Crippen molar-refractivity contribution in [1.82, 2.24) is 5.32 Å². The van der Waals surface area contributed by atoms with Crippen LogP contribution in [-0.2, 0) is 11.3 Å². The van der Waals surface area contributed by atoms with E-state index in [0.29, 0.717) is 18.2 Å². The molecule has 0 radical (unpaired) electrons. The third-order valence-corrected chi connectivity index (χ3v) is 3.54. The fourth-order valence-electron chi connectivity index (χ4n) is 2.12. The molecule has 0 bridgehead atoms. The van der Waals surface area contributed by atoms with Gasteiger partial charge in [-0.2, -0.15) is 0 Å². The topological polar surface area (TPSA) is 38.3 Å². The number of hydrogen-bond acceptors (Lipinski definition) is 2. The summed E-state index contributed by atoms with van der Waals surface area (Å²) in [6.45, 7) is 6.57. The Labute approximate surface area is 132 Å². The van der Waals surface area contributed by atoms with Gasteiger partial charge in [0.15, 0.2) is 6.10 Å². The van der Waals surface area contributed by atoms with Crippen LogP contribution in [0.1, 0.15) is 37.8 Å². The second kappa shape index (κ2) is 7.64. The summed E-state index contributed by atoms with van der Waals surface area (Å²) in [5.74, 6) is 1.09. The van der Waals surface area contributed by atoms with Crippen molar-refractivity contribution >= 4 is 5.91 Å². The minimum Gasteiger partial charge on any atom is -0.481 e. The maximum Gasteiger partial charge on any atom is 0.261 e. The van der Waals surface area contributed by atoms with Gasteiger partial charge in [0.2, 0.25) is 0 Å². The number of amides is 1. The SMILES string of the molecule is CC(Oc1ccc(C(C)C)cc1)C(=O)NCc1ccccc1. The van der Waals surface area contributed by atoms with Crippen LogP contribution in [-0.4, -0.2) is 12.0 Å². The maximum absolute atomic E-state index is 12.1. The van der Waals surface area contributed by atoms with Gasteiger partial charge in [0.05, 0.1) is 0 Å². The van der Waals surface area contributed by atoms with E-state index < -0.39 is 6.10 Å². The molecule has 0 aromatic heterocycles. The average Bonchev–Trinajstić information content (AvgIpc) is 2.54. The molecule has 2 rings (SSSR count). The number of hydrogen-bond donors (Lipinski definition) is 1. The van der Waals surface area contributed by atoms with Gasteiger partial charge in [0.25, 0.3) is 5.91 Å². The van der Waals surface area contributed by atoms with Gasteiger partial charge in [-0.05, 0) is 36.1 Å². The molecule has 22 heavy (non-hydrogen) atoms. The molecule has 1 unspecified atom stereocenters. The lowest BCUT2D eigenvalue weighted by Crippen LogP contribution is -2.35. The molecule has 0 aliphatic rings. The molecule has 1 amide bonds. The Hall–Kier alpha value is -2.29. The lowest BCUT2D eigenvalue weighted by atomic mass is 10.0. The maximum atomic E-state index is 12.1. The van der Waals surface area contributed by atoms with Crippen LogP contribution in [0.4, 0.5) is 0 Å². The van der Waals surface area contributed by atoms with Crippen LogP contribution in [0.3, 0.4) is 0 Å². The Morgan fingerprint density at radius 1 is 1.00 bits per heavy atom. The first-order chi connectivity index (χ1) is 10.6. The molecule has 3 heteroatoms. The normalized spacial score (nSPS) is 12.0. The van der Waals surface area contributed by atoms with Gasteiger partial charge in [-0.15, -0.1) is 0 Å². The zero-order valence-corrected chi connectivity index (χ0v) is 13.4. The highest BCUT2D eigenvalue weighted by Gasteiger charge is 2.14. The van der Waals surface area contributed by atoms with Crippen molar-refractivity contribution in [2.75, 3.05) is 0 Å². The summed E-state index contributed by atoms with van der Waals surface area (Å²) in [5, 5.41) is 2.88. The summed E-state index contributed by atoms with van der Waals surface area (Å²) in [4.78, 5) is 12.1. The van der Waals surface area contributed by atoms with Gasteiger partial charge in [-0.3, -0.25) is 4.79 Å². The zero-order valence-electron chi connectivity index (χ0n) is 13.4. The molecule has 0 fully saturated rings. The molecule has 1 N–H and O–H groups in total. The molecule has 0 heterocycles. The molecule has 0 aliphatic heterocycles. The highest BCUT2D eigenvalue weighted by molar-refractivity contribution is 5.80. The summed E-state index contributed by atoms with van der Waals surface area (Å²) >= 11 is 0. The molecule has 0 saturated heterocycles. The van der Waals surface area contributed by atoms with Gasteiger partial charge in [0, 0.05) is 6.54 Å². The second-order valence-electron chi connectivity index (χ2n) is 5.69. The third kappa shape index (κ3) is 4.62. The Balaban J connectivity index is 1.85. The molecule has 2 aromatic rings. The van der Waals surface area contributed by atoms with E-state index in [2.05, 4.69) is 19.2 Å². The van der Waals surface area contributed by atoms with Crippen molar-refractivity contribution in [2.24, 2.45) is 0 Å². The summed E-state index contributed by atoms with van der Waals surface area (Å²) in [5.41, 5.74) is 2.33. The molecule has 0 spiro atoms. The predicted octanol–water partition coefficient (Wildman–Crippen LogP) is 3.89. The molecule has 0 saturated carbocycles. The van der Waals surface area contributed by atoms with Crippen molar-refractivity contribution in [1.29, 1.82) is 0 Å². The van der Waals surface area contributed by atoms with Gasteiger partial charge < -0.3 is 10.1 Å². The predicted molar refractivity (Wildman–Crippen MR) is 88.9 cm³/mol. The lowest BCUT2D eigenvalue weighted by Gasteiger charge is -2.15. The average molecular weight is 297 g/mol. The largest absolute Gasteiger partial charge is 0.481 e. The van der Waals surface area contributed by atoms with E-state index in [0.717, 1.165) is 5.56 Å². The fourth-order valence-corrected chi connectivity index (χ4v) is 2.12. The van der Waals surface area contributed by atoms with Gasteiger partial charge in [0.1, 0.15) is 5.75 Å². The number of nitrogens with one attached hydrogen (secondary N) is 1. The van der Waals surface area contributed by atoms with Gasteiger partial charge in [-0.25, -0.2) is 0 Å². The van der Waals surface area contributed by atoms with Gasteiger partial charge in [-0.1, -0.05) is 56.3 Å². The molecule has 1 atom stereocenters. The minimum absolute atomic E-state index is 0.114. The first-order valence-electron chi connectivity index (χ1n) is 7.64. The monoisotopic (exact) mass is 297 g/mol. The van der Waals surface area contributed by atoms with Gasteiger partial charge >= 0.3 is 0 Å². The van der Waals surface area contributed by atoms with E-state index in [9.17, 15) is 4.79 Å². The smallest absolute Gasteiger partial charge is 0.261 e. The first kappa shape index (κ1) is 16.1. The molecular weight excluding hydrogens is 274 g/mol. The van der Waals surface area contributed by atoms with Crippen molar-refractivity contribution < 1.29 is 9.53 Å². The Kier molecular flexibility index (Phi) is 5.59. The number of carbonyl (C=O) groups is 1. The number of ether oxygens (including phenoxy) is 1. The standard InChI is InChI=1S/C19H23NO2/c1-14(2)17-9-11-18(12-10-17)22-15(3)19(21)20-13-16-7-5-4-6-8-16/h4-12,14-15H,13H2,1-3H3,(H,20,21). The quantitative estimate of drug-likeness (QED) is 0.878. The van der Waals surface area contributed by atoms with Crippen LogP contribution >= 0.6 is 0 Å². The van der Waals surface area contributed by atoms with E-state index in [4.69, 9.17) is 4.74 Å². The fraction of sp³-hybridized carbons (Fsp3) is 0.316. The lowest BCUT2D eigenvalue weighted by molar-refractivity contribution is -0.127. The number of carbonyl (C=O) groups excluding carboxylic acids is 1. The van der Waals surface area contributed by atoms with Crippen molar-refractivity contribution in [3.05, 3.63) is 65.7 Å². The summed E-state index contributed by atoms with van der Waals surface area (Å²) < 4.78 is 5.69. The van der Waals surface area contributed by atoms with E-state index in [-0.39, 0.29) is 5.91 Å². The summed E-state index contributed by atoms with van der Waals surface area (Å²) in [6, 6.07) is 17.7. The zero-order chi connectivity index (χ0) is 15.9. The molecule has 2 aromatic carbocycles. The molecule has 3 nitrogen and oxygen atoms in total. The third-order valence-electron chi connectivity index (χ3n) is 3.54. The van der Waals surface area contributed by atoms with E-state index in [1.807, 2.05) is 54.6 Å². The molecular formula is C19H23NO2. The van der Waals surface area contributed by atoms with Crippen molar-refractivity contribution in [2.45, 2.75) is 39.3 Å². The van der Waals surface area contributed by atoms with Crippen LogP contribution in [0.5, 0.6) is 5.75 Å². The van der Waals surface area contributed by atoms with Crippen LogP contribution in [0, 0.1) is 0 Å². The number of benzene rings is 2. The van der Waals surface area contributed by atoms with Crippen LogP contribution < -0.4 is 10.1 Å². The first-order valence-corrected chi connectivity index (χ1v) is 7.64. The summed E-state index contributed by atoms with van der Waals surface area (Å²) in [6.07, 6.45) is -0.520. The van der Waals surface area contributed by atoms with Crippen molar-refractivity contribution in [3.63, 3.8) is 0 Å². The Morgan fingerprint density at radius 3 is 2.23 bits per heavy atom. The van der Waals surface area contributed by atoms with Crippen LogP contribution in [0.15, 0.2) is 54.6 Å². The molecule has 116 valence electrons. The van der Waals surface area contributed by atoms with Crippen molar-refractivity contribution in [3.8, 4) is 5.75 Å². The van der Waals surface area contributed by atoms with E-state index in [1.165, 1.54) is 5.56 Å².